The Bertz CT molecular complexity index is 338. The maximum Gasteiger partial charge on any atom is 0.0112 e. The van der Waals surface area contributed by atoms with Crippen LogP contribution in [0.15, 0.2) is 30.3 Å². The maximum absolute atomic E-state index is 3.68. The molecule has 0 amide bonds. The summed E-state index contributed by atoms with van der Waals surface area (Å²) in [4.78, 5) is 2.65. The van der Waals surface area contributed by atoms with Crippen LogP contribution >= 0.6 is 15.9 Å². The molecule has 1 aromatic carbocycles. The van der Waals surface area contributed by atoms with Crippen molar-refractivity contribution in [2.75, 3.05) is 25.0 Å². The molecule has 2 heteroatoms. The Balaban J connectivity index is 1.88. The second-order valence-corrected chi connectivity index (χ2v) is 6.11. The monoisotopic (exact) mass is 309 g/mol. The number of nitrogens with zero attached hydrogens (tertiary/aromatic N) is 1. The van der Waals surface area contributed by atoms with Crippen molar-refractivity contribution in [1.29, 1.82) is 0 Å². The summed E-state index contributed by atoms with van der Waals surface area (Å²) in [5.41, 5.74) is 1.47. The SMILES string of the molecule is CCCC1CCN(CC(CBr)c2ccccc2)C1. The minimum atomic E-state index is 0.631. The smallest absolute Gasteiger partial charge is 0.0112 e. The van der Waals surface area contributed by atoms with Gasteiger partial charge in [0, 0.05) is 24.3 Å². The summed E-state index contributed by atoms with van der Waals surface area (Å²) in [7, 11) is 0. The molecule has 2 rings (SSSR count). The van der Waals surface area contributed by atoms with Crippen LogP contribution < -0.4 is 0 Å². The van der Waals surface area contributed by atoms with Crippen molar-refractivity contribution in [2.24, 2.45) is 5.92 Å². The molecule has 1 nitrogen and oxygen atoms in total. The molecule has 0 bridgehead atoms. The van der Waals surface area contributed by atoms with Crippen molar-refractivity contribution >= 4 is 15.9 Å². The minimum Gasteiger partial charge on any atom is -0.302 e. The van der Waals surface area contributed by atoms with Crippen LogP contribution in [-0.4, -0.2) is 29.9 Å². The lowest BCUT2D eigenvalue weighted by Gasteiger charge is -2.22. The molecule has 2 unspecified atom stereocenters. The second-order valence-electron chi connectivity index (χ2n) is 5.46. The number of alkyl halides is 1. The Hall–Kier alpha value is -0.340. The first-order chi connectivity index (χ1) is 8.83. The van der Waals surface area contributed by atoms with Gasteiger partial charge in [0.25, 0.3) is 0 Å². The van der Waals surface area contributed by atoms with Gasteiger partial charge in [-0.1, -0.05) is 59.6 Å². The van der Waals surface area contributed by atoms with E-state index >= 15 is 0 Å². The van der Waals surface area contributed by atoms with E-state index in [0.29, 0.717) is 5.92 Å². The lowest BCUT2D eigenvalue weighted by molar-refractivity contribution is 0.306. The Morgan fingerprint density at radius 1 is 1.33 bits per heavy atom. The van der Waals surface area contributed by atoms with Crippen LogP contribution in [0.2, 0.25) is 0 Å². The number of hydrogen-bond donors (Lipinski definition) is 0. The topological polar surface area (TPSA) is 3.24 Å². The molecule has 0 aliphatic carbocycles. The van der Waals surface area contributed by atoms with Crippen molar-refractivity contribution < 1.29 is 0 Å². The third kappa shape index (κ3) is 3.83. The van der Waals surface area contributed by atoms with Gasteiger partial charge in [-0.25, -0.2) is 0 Å². The van der Waals surface area contributed by atoms with Gasteiger partial charge in [0.2, 0.25) is 0 Å². The van der Waals surface area contributed by atoms with E-state index in [2.05, 4.69) is 58.1 Å². The molecule has 1 heterocycles. The third-order valence-electron chi connectivity index (χ3n) is 4.00. The molecule has 2 atom stereocenters. The fourth-order valence-corrected chi connectivity index (χ4v) is 3.58. The fraction of sp³-hybridized carbons (Fsp3) is 0.625. The predicted molar refractivity (Wildman–Crippen MR) is 82.4 cm³/mol. The Morgan fingerprint density at radius 3 is 2.78 bits per heavy atom. The van der Waals surface area contributed by atoms with Gasteiger partial charge >= 0.3 is 0 Å². The van der Waals surface area contributed by atoms with Gasteiger partial charge in [0.1, 0.15) is 0 Å². The molecule has 1 fully saturated rings. The quantitative estimate of drug-likeness (QED) is 0.709. The fourth-order valence-electron chi connectivity index (χ4n) is 3.00. The Labute approximate surface area is 120 Å². The van der Waals surface area contributed by atoms with Crippen molar-refractivity contribution in [3.63, 3.8) is 0 Å². The maximum atomic E-state index is 3.68. The van der Waals surface area contributed by atoms with Gasteiger partial charge < -0.3 is 4.90 Å². The van der Waals surface area contributed by atoms with Crippen LogP contribution in [0.5, 0.6) is 0 Å². The van der Waals surface area contributed by atoms with Crippen molar-refractivity contribution in [2.45, 2.75) is 32.1 Å². The first kappa shape index (κ1) is 14.1. The highest BCUT2D eigenvalue weighted by molar-refractivity contribution is 9.09. The molecular weight excluding hydrogens is 286 g/mol. The van der Waals surface area contributed by atoms with Gasteiger partial charge in [-0.2, -0.15) is 0 Å². The molecule has 0 N–H and O–H groups in total. The molecule has 0 saturated carbocycles. The summed E-state index contributed by atoms with van der Waals surface area (Å²) < 4.78 is 0. The summed E-state index contributed by atoms with van der Waals surface area (Å²) in [6, 6.07) is 10.9. The van der Waals surface area contributed by atoms with Gasteiger partial charge in [-0.05, 0) is 30.9 Å². The molecule has 1 aromatic rings. The van der Waals surface area contributed by atoms with Gasteiger partial charge in [0.05, 0.1) is 0 Å². The Morgan fingerprint density at radius 2 is 2.11 bits per heavy atom. The third-order valence-corrected chi connectivity index (χ3v) is 4.78. The van der Waals surface area contributed by atoms with E-state index in [9.17, 15) is 0 Å². The van der Waals surface area contributed by atoms with Crippen LogP contribution in [0, 0.1) is 5.92 Å². The van der Waals surface area contributed by atoms with E-state index in [1.54, 1.807) is 0 Å². The van der Waals surface area contributed by atoms with Crippen molar-refractivity contribution in [3.05, 3.63) is 35.9 Å². The first-order valence-electron chi connectivity index (χ1n) is 7.16. The Kier molecular flexibility index (Phi) is 5.71. The zero-order chi connectivity index (χ0) is 12.8. The molecule has 0 radical (unpaired) electrons. The van der Waals surface area contributed by atoms with Crippen LogP contribution in [0.3, 0.4) is 0 Å². The molecule has 18 heavy (non-hydrogen) atoms. The lowest BCUT2D eigenvalue weighted by atomic mass is 10.0. The second kappa shape index (κ2) is 7.30. The van der Waals surface area contributed by atoms with E-state index in [4.69, 9.17) is 0 Å². The van der Waals surface area contributed by atoms with E-state index in [1.165, 1.54) is 44.5 Å². The van der Waals surface area contributed by atoms with Crippen LogP contribution in [-0.2, 0) is 0 Å². The molecule has 0 aromatic heterocycles. The van der Waals surface area contributed by atoms with Crippen LogP contribution in [0.1, 0.15) is 37.7 Å². The number of likely N-dealkylation sites (tertiary alicyclic amines) is 1. The number of halogens is 1. The highest BCUT2D eigenvalue weighted by atomic mass is 79.9. The molecule has 0 spiro atoms. The molecule has 1 aliphatic heterocycles. The summed E-state index contributed by atoms with van der Waals surface area (Å²) in [5.74, 6) is 1.58. The molecule has 1 aliphatic rings. The number of rotatable bonds is 6. The van der Waals surface area contributed by atoms with Crippen LogP contribution in [0.25, 0.3) is 0 Å². The standard InChI is InChI=1S/C16H24BrN/c1-2-6-14-9-10-18(12-14)13-16(11-17)15-7-4-3-5-8-15/h3-5,7-8,14,16H,2,6,9-13H2,1H3. The summed E-state index contributed by atoms with van der Waals surface area (Å²) in [6.45, 7) is 6.11. The van der Waals surface area contributed by atoms with Crippen LogP contribution in [0.4, 0.5) is 0 Å². The zero-order valence-electron chi connectivity index (χ0n) is 11.3. The number of hydrogen-bond acceptors (Lipinski definition) is 1. The highest BCUT2D eigenvalue weighted by Gasteiger charge is 2.24. The zero-order valence-corrected chi connectivity index (χ0v) is 12.9. The van der Waals surface area contributed by atoms with E-state index in [-0.39, 0.29) is 0 Å². The van der Waals surface area contributed by atoms with E-state index in [1.807, 2.05) is 0 Å². The summed E-state index contributed by atoms with van der Waals surface area (Å²) >= 11 is 3.68. The number of benzene rings is 1. The van der Waals surface area contributed by atoms with Crippen molar-refractivity contribution in [3.8, 4) is 0 Å². The van der Waals surface area contributed by atoms with E-state index < -0.39 is 0 Å². The molecule has 100 valence electrons. The normalized spacial score (nSPS) is 22.2. The van der Waals surface area contributed by atoms with Gasteiger partial charge in [-0.3, -0.25) is 0 Å². The van der Waals surface area contributed by atoms with Gasteiger partial charge in [0.15, 0.2) is 0 Å². The largest absolute Gasteiger partial charge is 0.302 e. The average molecular weight is 310 g/mol. The molecule has 1 saturated heterocycles. The highest BCUT2D eigenvalue weighted by Crippen LogP contribution is 2.25. The summed E-state index contributed by atoms with van der Waals surface area (Å²) in [6.07, 6.45) is 4.14. The molecular formula is C16H24BrN. The average Bonchev–Trinajstić information content (AvgIpc) is 2.85. The summed E-state index contributed by atoms with van der Waals surface area (Å²) in [5, 5.41) is 1.06. The van der Waals surface area contributed by atoms with Gasteiger partial charge in [-0.15, -0.1) is 0 Å². The minimum absolute atomic E-state index is 0.631. The predicted octanol–water partition coefficient (Wildman–Crippen LogP) is 4.29. The van der Waals surface area contributed by atoms with Crippen molar-refractivity contribution in [1.82, 2.24) is 4.90 Å². The first-order valence-corrected chi connectivity index (χ1v) is 8.29. The van der Waals surface area contributed by atoms with E-state index in [0.717, 1.165) is 11.2 Å². The lowest BCUT2D eigenvalue weighted by Crippen LogP contribution is -2.27.